The Hall–Kier alpha value is -3.68. The Bertz CT molecular complexity index is 1020. The molecule has 162 valence electrons. The molecular weight excluding hydrogens is 400 g/mol. The van der Waals surface area contributed by atoms with Gasteiger partial charge in [-0.05, 0) is 35.9 Å². The zero-order chi connectivity index (χ0) is 21.8. The largest absolute Gasteiger partial charge is 0.493 e. The van der Waals surface area contributed by atoms with Gasteiger partial charge in [-0.25, -0.2) is 0 Å². The maximum atomic E-state index is 12.5. The minimum absolute atomic E-state index is 0.0268. The summed E-state index contributed by atoms with van der Waals surface area (Å²) in [6, 6.07) is 10.9. The number of carbonyl (C=O) groups excluding carboxylic acids is 2. The lowest BCUT2D eigenvalue weighted by molar-refractivity contribution is -0.118. The fourth-order valence-electron chi connectivity index (χ4n) is 3.65. The van der Waals surface area contributed by atoms with Crippen molar-refractivity contribution in [2.24, 2.45) is 5.92 Å². The van der Waals surface area contributed by atoms with Crippen LogP contribution in [0.15, 0.2) is 42.5 Å². The van der Waals surface area contributed by atoms with Crippen LogP contribution in [0.3, 0.4) is 0 Å². The summed E-state index contributed by atoms with van der Waals surface area (Å²) in [5.74, 6) is 2.39. The molecule has 2 aromatic carbocycles. The summed E-state index contributed by atoms with van der Waals surface area (Å²) in [6.45, 7) is 1.15. The van der Waals surface area contributed by atoms with Crippen molar-refractivity contribution in [1.29, 1.82) is 0 Å². The van der Waals surface area contributed by atoms with Gasteiger partial charge in [0.1, 0.15) is 0 Å². The van der Waals surface area contributed by atoms with Crippen LogP contribution in [0.4, 0.5) is 5.69 Å². The molecule has 2 aliphatic heterocycles. The van der Waals surface area contributed by atoms with E-state index < -0.39 is 0 Å². The summed E-state index contributed by atoms with van der Waals surface area (Å²) in [6.07, 6.45) is 3.55. The van der Waals surface area contributed by atoms with Crippen LogP contribution >= 0.6 is 0 Å². The molecule has 0 radical (unpaired) electrons. The van der Waals surface area contributed by atoms with Crippen molar-refractivity contribution in [3.63, 3.8) is 0 Å². The molecule has 8 heteroatoms. The number of amides is 2. The molecule has 1 atom stereocenters. The molecule has 1 unspecified atom stereocenters. The average molecular weight is 424 g/mol. The lowest BCUT2D eigenvalue weighted by Crippen LogP contribution is -2.30. The van der Waals surface area contributed by atoms with E-state index in [0.29, 0.717) is 42.5 Å². The maximum Gasteiger partial charge on any atom is 0.244 e. The number of nitrogens with one attached hydrogen (secondary N) is 1. The molecule has 1 fully saturated rings. The normalized spacial score (nSPS) is 17.3. The van der Waals surface area contributed by atoms with E-state index in [1.165, 1.54) is 6.08 Å². The van der Waals surface area contributed by atoms with Crippen molar-refractivity contribution in [2.75, 3.05) is 39.0 Å². The first-order valence-corrected chi connectivity index (χ1v) is 9.95. The van der Waals surface area contributed by atoms with E-state index in [9.17, 15) is 9.59 Å². The van der Waals surface area contributed by atoms with Gasteiger partial charge in [-0.15, -0.1) is 0 Å². The Morgan fingerprint density at radius 1 is 1.13 bits per heavy atom. The molecule has 0 saturated carbocycles. The molecule has 2 aliphatic rings. The van der Waals surface area contributed by atoms with Gasteiger partial charge < -0.3 is 29.2 Å². The first-order chi connectivity index (χ1) is 15.1. The van der Waals surface area contributed by atoms with Gasteiger partial charge in [-0.3, -0.25) is 9.59 Å². The highest BCUT2D eigenvalue weighted by atomic mass is 16.7. The Morgan fingerprint density at radius 3 is 2.74 bits per heavy atom. The third-order valence-electron chi connectivity index (χ3n) is 5.27. The Kier molecular flexibility index (Phi) is 5.97. The van der Waals surface area contributed by atoms with E-state index in [2.05, 4.69) is 5.32 Å². The average Bonchev–Trinajstić information content (AvgIpc) is 3.41. The van der Waals surface area contributed by atoms with Crippen LogP contribution < -0.4 is 29.2 Å². The van der Waals surface area contributed by atoms with Gasteiger partial charge in [0.25, 0.3) is 0 Å². The molecule has 31 heavy (non-hydrogen) atoms. The monoisotopic (exact) mass is 424 g/mol. The summed E-state index contributed by atoms with van der Waals surface area (Å²) in [5.41, 5.74) is 1.59. The molecule has 2 heterocycles. The van der Waals surface area contributed by atoms with Gasteiger partial charge in [0, 0.05) is 43.3 Å². The van der Waals surface area contributed by atoms with Crippen molar-refractivity contribution in [1.82, 2.24) is 5.32 Å². The van der Waals surface area contributed by atoms with E-state index in [4.69, 9.17) is 18.9 Å². The number of carbonyl (C=O) groups is 2. The van der Waals surface area contributed by atoms with Crippen molar-refractivity contribution >= 4 is 23.6 Å². The third-order valence-corrected chi connectivity index (χ3v) is 5.27. The summed E-state index contributed by atoms with van der Waals surface area (Å²) in [7, 11) is 3.13. The SMILES string of the molecule is COc1ccc(/C=C\C(=O)NCC2CC(=O)N(c3ccc4c(c3)OCO4)C2)cc1OC. The van der Waals surface area contributed by atoms with E-state index in [0.717, 1.165) is 11.3 Å². The highest BCUT2D eigenvalue weighted by Gasteiger charge is 2.31. The maximum absolute atomic E-state index is 12.5. The smallest absolute Gasteiger partial charge is 0.244 e. The Balaban J connectivity index is 1.31. The van der Waals surface area contributed by atoms with Gasteiger partial charge in [-0.2, -0.15) is 0 Å². The van der Waals surface area contributed by atoms with Crippen LogP contribution in [0.25, 0.3) is 6.08 Å². The number of benzene rings is 2. The minimum atomic E-state index is -0.219. The summed E-state index contributed by atoms with van der Waals surface area (Å²) >= 11 is 0. The fraction of sp³-hybridized carbons (Fsp3) is 0.304. The number of ether oxygens (including phenoxy) is 4. The number of hydrogen-bond acceptors (Lipinski definition) is 6. The zero-order valence-electron chi connectivity index (χ0n) is 17.4. The molecule has 2 aromatic rings. The number of nitrogens with zero attached hydrogens (tertiary/aromatic N) is 1. The molecule has 1 saturated heterocycles. The first-order valence-electron chi connectivity index (χ1n) is 9.95. The van der Waals surface area contributed by atoms with Crippen LogP contribution in [0, 0.1) is 5.92 Å². The molecular formula is C23H24N2O6. The number of anilines is 1. The molecule has 0 spiro atoms. The van der Waals surface area contributed by atoms with Crippen LogP contribution in [0.5, 0.6) is 23.0 Å². The lowest BCUT2D eigenvalue weighted by atomic mass is 10.1. The number of fused-ring (bicyclic) bond motifs is 1. The predicted molar refractivity (Wildman–Crippen MR) is 115 cm³/mol. The van der Waals surface area contributed by atoms with Crippen LogP contribution in [-0.4, -0.2) is 45.9 Å². The highest BCUT2D eigenvalue weighted by molar-refractivity contribution is 5.96. The summed E-state index contributed by atoms with van der Waals surface area (Å²) in [5, 5.41) is 2.87. The molecule has 8 nitrogen and oxygen atoms in total. The molecule has 0 aromatic heterocycles. The highest BCUT2D eigenvalue weighted by Crippen LogP contribution is 2.37. The predicted octanol–water partition coefficient (Wildman–Crippen LogP) is 2.62. The summed E-state index contributed by atoms with van der Waals surface area (Å²) in [4.78, 5) is 26.4. The molecule has 4 rings (SSSR count). The van der Waals surface area contributed by atoms with Crippen LogP contribution in [0.2, 0.25) is 0 Å². The van der Waals surface area contributed by atoms with Gasteiger partial charge in [0.2, 0.25) is 18.6 Å². The first kappa shape index (κ1) is 20.6. The number of methoxy groups -OCH3 is 2. The van der Waals surface area contributed by atoms with Crippen LogP contribution in [-0.2, 0) is 9.59 Å². The second kappa shape index (κ2) is 8.99. The molecule has 1 N–H and O–H groups in total. The van der Waals surface area contributed by atoms with Crippen molar-refractivity contribution in [3.8, 4) is 23.0 Å². The number of hydrogen-bond donors (Lipinski definition) is 1. The van der Waals surface area contributed by atoms with E-state index >= 15 is 0 Å². The van der Waals surface area contributed by atoms with Gasteiger partial charge in [-0.1, -0.05) is 6.07 Å². The lowest BCUT2D eigenvalue weighted by Gasteiger charge is -2.17. The van der Waals surface area contributed by atoms with Gasteiger partial charge >= 0.3 is 0 Å². The van der Waals surface area contributed by atoms with Gasteiger partial charge in [0.05, 0.1) is 14.2 Å². The zero-order valence-corrected chi connectivity index (χ0v) is 17.4. The van der Waals surface area contributed by atoms with Crippen molar-refractivity contribution < 1.29 is 28.5 Å². The van der Waals surface area contributed by atoms with E-state index in [1.807, 2.05) is 18.2 Å². The Labute approximate surface area is 180 Å². The quantitative estimate of drug-likeness (QED) is 0.688. The number of rotatable bonds is 7. The summed E-state index contributed by atoms with van der Waals surface area (Å²) < 4.78 is 21.2. The van der Waals surface area contributed by atoms with Crippen LogP contribution in [0.1, 0.15) is 12.0 Å². The second-order valence-corrected chi connectivity index (χ2v) is 7.30. The Morgan fingerprint density at radius 2 is 1.94 bits per heavy atom. The van der Waals surface area contributed by atoms with Crippen molar-refractivity contribution in [2.45, 2.75) is 6.42 Å². The van der Waals surface area contributed by atoms with E-state index in [-0.39, 0.29) is 24.5 Å². The molecule has 0 bridgehead atoms. The van der Waals surface area contributed by atoms with Gasteiger partial charge in [0.15, 0.2) is 23.0 Å². The third kappa shape index (κ3) is 4.58. The van der Waals surface area contributed by atoms with Crippen molar-refractivity contribution in [3.05, 3.63) is 48.0 Å². The van der Waals surface area contributed by atoms with E-state index in [1.54, 1.807) is 43.4 Å². The topological polar surface area (TPSA) is 86.3 Å². The second-order valence-electron chi connectivity index (χ2n) is 7.30. The standard InChI is InChI=1S/C23H24N2O6/c1-28-18-6-3-15(9-20(18)29-2)4-8-22(26)24-12-16-10-23(27)25(13-16)17-5-7-19-21(11-17)31-14-30-19/h3-9,11,16H,10,12-14H2,1-2H3,(H,24,26)/b8-4-. The fourth-order valence-corrected chi connectivity index (χ4v) is 3.65. The minimum Gasteiger partial charge on any atom is -0.493 e. The molecule has 0 aliphatic carbocycles. The molecule has 2 amide bonds.